The molecule has 0 radical (unpaired) electrons. The van der Waals surface area contributed by atoms with Gasteiger partial charge in [0, 0.05) is 31.7 Å². The normalized spacial score (nSPS) is 13.8. The first-order valence-corrected chi connectivity index (χ1v) is 11.0. The minimum Gasteiger partial charge on any atom is -0.415 e. The van der Waals surface area contributed by atoms with Crippen molar-refractivity contribution in [2.24, 2.45) is 0 Å². The van der Waals surface area contributed by atoms with Crippen molar-refractivity contribution in [3.63, 3.8) is 0 Å². The molecule has 1 aliphatic rings. The number of piperazine rings is 1. The van der Waals surface area contributed by atoms with Gasteiger partial charge in [-0.2, -0.15) is 0 Å². The number of nitrogens with zero attached hydrogens (tertiary/aromatic N) is 6. The molecule has 3 heterocycles. The van der Waals surface area contributed by atoms with E-state index in [2.05, 4.69) is 20.1 Å². The molecule has 5 rings (SSSR count). The number of anilines is 1. The van der Waals surface area contributed by atoms with Crippen molar-refractivity contribution in [3.8, 4) is 23.0 Å². The van der Waals surface area contributed by atoms with Crippen LogP contribution in [0.5, 0.6) is 0 Å². The van der Waals surface area contributed by atoms with Crippen LogP contribution in [0.1, 0.15) is 11.3 Å². The Hall–Kier alpha value is -4.07. The molecule has 1 fully saturated rings. The standard InChI is InChI=1S/C25H24N6O2/c1-18-23(25-29-28-24(33-25)20-10-6-3-7-11-20)27-21(17-26-18)30-12-14-31(15-13-30)22(32)16-19-8-4-2-5-9-19/h2-11,17H,12-16H2,1H3. The van der Waals surface area contributed by atoms with Crippen LogP contribution in [0.25, 0.3) is 23.0 Å². The molecule has 0 aliphatic carbocycles. The van der Waals surface area contributed by atoms with E-state index >= 15 is 0 Å². The minimum absolute atomic E-state index is 0.149. The van der Waals surface area contributed by atoms with Crippen LogP contribution in [0.3, 0.4) is 0 Å². The second-order valence-electron chi connectivity index (χ2n) is 7.97. The van der Waals surface area contributed by atoms with Gasteiger partial charge in [-0.15, -0.1) is 10.2 Å². The van der Waals surface area contributed by atoms with Gasteiger partial charge in [-0.3, -0.25) is 9.78 Å². The van der Waals surface area contributed by atoms with Crippen molar-refractivity contribution in [1.82, 2.24) is 25.1 Å². The number of aryl methyl sites for hydroxylation is 1. The number of hydrogen-bond acceptors (Lipinski definition) is 7. The van der Waals surface area contributed by atoms with E-state index in [1.807, 2.05) is 72.5 Å². The van der Waals surface area contributed by atoms with Crippen LogP contribution in [0.4, 0.5) is 5.82 Å². The predicted octanol–water partition coefficient (Wildman–Crippen LogP) is 3.39. The molecule has 0 atom stereocenters. The van der Waals surface area contributed by atoms with Gasteiger partial charge < -0.3 is 14.2 Å². The van der Waals surface area contributed by atoms with Gasteiger partial charge in [-0.25, -0.2) is 4.98 Å². The molecule has 2 aromatic heterocycles. The lowest BCUT2D eigenvalue weighted by atomic mass is 10.1. The van der Waals surface area contributed by atoms with Gasteiger partial charge in [0.25, 0.3) is 5.89 Å². The van der Waals surface area contributed by atoms with Crippen LogP contribution in [0.2, 0.25) is 0 Å². The van der Waals surface area contributed by atoms with E-state index < -0.39 is 0 Å². The Morgan fingerprint density at radius 3 is 2.30 bits per heavy atom. The molecule has 0 bridgehead atoms. The molecule has 1 saturated heterocycles. The summed E-state index contributed by atoms with van der Waals surface area (Å²) in [6.45, 7) is 4.55. The van der Waals surface area contributed by atoms with Gasteiger partial charge in [0.2, 0.25) is 11.8 Å². The number of aromatic nitrogens is 4. The lowest BCUT2D eigenvalue weighted by Gasteiger charge is -2.35. The summed E-state index contributed by atoms with van der Waals surface area (Å²) in [6.07, 6.45) is 2.19. The molecule has 0 unspecified atom stereocenters. The monoisotopic (exact) mass is 440 g/mol. The Labute approximate surface area is 191 Å². The number of amides is 1. The number of rotatable bonds is 5. The second kappa shape index (κ2) is 9.20. The van der Waals surface area contributed by atoms with E-state index in [-0.39, 0.29) is 5.91 Å². The maximum atomic E-state index is 12.7. The summed E-state index contributed by atoms with van der Waals surface area (Å²) in [4.78, 5) is 26.0. The highest BCUT2D eigenvalue weighted by molar-refractivity contribution is 5.79. The molecule has 1 aliphatic heterocycles. The van der Waals surface area contributed by atoms with Crippen molar-refractivity contribution in [2.75, 3.05) is 31.1 Å². The van der Waals surface area contributed by atoms with Gasteiger partial charge in [0.15, 0.2) is 5.69 Å². The van der Waals surface area contributed by atoms with Crippen LogP contribution in [0, 0.1) is 6.92 Å². The van der Waals surface area contributed by atoms with Crippen LogP contribution < -0.4 is 4.90 Å². The average molecular weight is 441 g/mol. The van der Waals surface area contributed by atoms with Crippen molar-refractivity contribution in [2.45, 2.75) is 13.3 Å². The highest BCUT2D eigenvalue weighted by atomic mass is 16.4. The fourth-order valence-corrected chi connectivity index (χ4v) is 3.88. The molecule has 2 aromatic carbocycles. The van der Waals surface area contributed by atoms with Gasteiger partial charge in [0.05, 0.1) is 18.3 Å². The predicted molar refractivity (Wildman–Crippen MR) is 124 cm³/mol. The van der Waals surface area contributed by atoms with E-state index in [4.69, 9.17) is 9.40 Å². The van der Waals surface area contributed by atoms with Crippen LogP contribution in [-0.2, 0) is 11.2 Å². The zero-order valence-electron chi connectivity index (χ0n) is 18.4. The molecular formula is C25H24N6O2. The molecule has 4 aromatic rings. The summed E-state index contributed by atoms with van der Waals surface area (Å²) >= 11 is 0. The molecule has 0 spiro atoms. The number of carbonyl (C=O) groups is 1. The Balaban J connectivity index is 1.27. The summed E-state index contributed by atoms with van der Waals surface area (Å²) in [5.74, 6) is 1.68. The maximum Gasteiger partial charge on any atom is 0.268 e. The van der Waals surface area contributed by atoms with E-state index in [1.165, 1.54) is 0 Å². The topological polar surface area (TPSA) is 88.3 Å². The Morgan fingerprint density at radius 2 is 1.58 bits per heavy atom. The fraction of sp³-hybridized carbons (Fsp3) is 0.240. The molecule has 166 valence electrons. The first-order valence-electron chi connectivity index (χ1n) is 11.0. The first-order chi connectivity index (χ1) is 16.2. The Bertz CT molecular complexity index is 1230. The van der Waals surface area contributed by atoms with Gasteiger partial charge >= 0.3 is 0 Å². The SMILES string of the molecule is Cc1ncc(N2CCN(C(=O)Cc3ccccc3)CC2)nc1-c1nnc(-c2ccccc2)o1. The molecule has 0 saturated carbocycles. The Morgan fingerprint density at radius 1 is 0.909 bits per heavy atom. The molecule has 33 heavy (non-hydrogen) atoms. The van der Waals surface area contributed by atoms with Crippen LogP contribution >= 0.6 is 0 Å². The summed E-state index contributed by atoms with van der Waals surface area (Å²) < 4.78 is 5.89. The van der Waals surface area contributed by atoms with Gasteiger partial charge in [-0.1, -0.05) is 48.5 Å². The summed E-state index contributed by atoms with van der Waals surface area (Å²) in [7, 11) is 0. The molecule has 1 amide bonds. The average Bonchev–Trinajstić information content (AvgIpc) is 3.36. The van der Waals surface area contributed by atoms with Crippen molar-refractivity contribution in [1.29, 1.82) is 0 Å². The third-order valence-corrected chi connectivity index (χ3v) is 5.75. The Kier molecular flexibility index (Phi) is 5.80. The van der Waals surface area contributed by atoms with Crippen molar-refractivity contribution in [3.05, 3.63) is 78.1 Å². The van der Waals surface area contributed by atoms with Crippen LogP contribution in [-0.4, -0.2) is 57.2 Å². The third kappa shape index (κ3) is 4.59. The second-order valence-corrected chi connectivity index (χ2v) is 7.97. The van der Waals surface area contributed by atoms with Gasteiger partial charge in [0.1, 0.15) is 5.82 Å². The molecule has 0 N–H and O–H groups in total. The highest BCUT2D eigenvalue weighted by Crippen LogP contribution is 2.26. The largest absolute Gasteiger partial charge is 0.415 e. The van der Waals surface area contributed by atoms with Crippen molar-refractivity contribution < 1.29 is 9.21 Å². The fourth-order valence-electron chi connectivity index (χ4n) is 3.88. The van der Waals surface area contributed by atoms with E-state index in [0.717, 1.165) is 22.6 Å². The van der Waals surface area contributed by atoms with Crippen LogP contribution in [0.15, 0.2) is 71.3 Å². The highest BCUT2D eigenvalue weighted by Gasteiger charge is 2.23. The van der Waals surface area contributed by atoms with E-state index in [9.17, 15) is 4.79 Å². The lowest BCUT2D eigenvalue weighted by Crippen LogP contribution is -2.49. The quantitative estimate of drug-likeness (QED) is 0.470. The zero-order chi connectivity index (χ0) is 22.6. The maximum absolute atomic E-state index is 12.7. The van der Waals surface area contributed by atoms with Gasteiger partial charge in [-0.05, 0) is 24.6 Å². The molecule has 8 heteroatoms. The van der Waals surface area contributed by atoms with Crippen molar-refractivity contribution >= 4 is 11.7 Å². The smallest absolute Gasteiger partial charge is 0.268 e. The minimum atomic E-state index is 0.149. The molecule has 8 nitrogen and oxygen atoms in total. The summed E-state index contributed by atoms with van der Waals surface area (Å²) in [5.41, 5.74) is 3.19. The third-order valence-electron chi connectivity index (χ3n) is 5.75. The zero-order valence-corrected chi connectivity index (χ0v) is 18.4. The molecular weight excluding hydrogens is 416 g/mol. The number of carbonyl (C=O) groups excluding carboxylic acids is 1. The van der Waals surface area contributed by atoms with E-state index in [0.29, 0.717) is 50.1 Å². The lowest BCUT2D eigenvalue weighted by molar-refractivity contribution is -0.130. The van der Waals surface area contributed by atoms with E-state index in [1.54, 1.807) is 6.20 Å². The number of hydrogen-bond donors (Lipinski definition) is 0. The number of benzene rings is 2. The first kappa shape index (κ1) is 20.8. The summed E-state index contributed by atoms with van der Waals surface area (Å²) in [5, 5.41) is 8.36. The summed E-state index contributed by atoms with van der Waals surface area (Å²) in [6, 6.07) is 19.5.